The Morgan fingerprint density at radius 1 is 1.14 bits per heavy atom. The Labute approximate surface area is 166 Å². The van der Waals surface area contributed by atoms with Crippen LogP contribution in [0, 0.1) is 34.4 Å². The molecule has 3 aromatic rings. The van der Waals surface area contributed by atoms with Gasteiger partial charge < -0.3 is 0 Å². The summed E-state index contributed by atoms with van der Waals surface area (Å²) >= 11 is 1.33. The molecule has 0 aliphatic heterocycles. The van der Waals surface area contributed by atoms with Gasteiger partial charge in [-0.3, -0.25) is 9.36 Å². The summed E-state index contributed by atoms with van der Waals surface area (Å²) in [6.07, 6.45) is 0.794. The molecule has 0 aliphatic carbocycles. The molecule has 1 atom stereocenters. The molecular formula is C21H17FN4OS. The molecule has 0 N–H and O–H groups in total. The highest BCUT2D eigenvalue weighted by atomic mass is 32.2. The minimum absolute atomic E-state index is 0.178. The number of thioether (sulfide) groups is 1. The van der Waals surface area contributed by atoms with Crippen molar-refractivity contribution in [3.8, 4) is 12.1 Å². The number of benzene rings is 2. The molecule has 0 saturated carbocycles. The van der Waals surface area contributed by atoms with Crippen LogP contribution in [-0.2, 0) is 6.54 Å². The molecule has 7 heteroatoms. The van der Waals surface area contributed by atoms with Gasteiger partial charge in [-0.05, 0) is 36.2 Å². The number of hydrogen-bond acceptors (Lipinski definition) is 5. The van der Waals surface area contributed by atoms with Crippen molar-refractivity contribution in [2.75, 3.05) is 5.75 Å². The molecule has 1 heterocycles. The molecule has 0 fully saturated rings. The van der Waals surface area contributed by atoms with Crippen LogP contribution in [-0.4, -0.2) is 15.3 Å². The van der Waals surface area contributed by atoms with E-state index in [4.69, 9.17) is 5.26 Å². The first-order valence-electron chi connectivity index (χ1n) is 8.75. The number of hydrogen-bond donors (Lipinski definition) is 0. The average molecular weight is 392 g/mol. The van der Waals surface area contributed by atoms with Gasteiger partial charge in [0.25, 0.3) is 5.56 Å². The second-order valence-corrected chi connectivity index (χ2v) is 7.25. The number of rotatable bonds is 7. The first kappa shape index (κ1) is 19.6. The predicted molar refractivity (Wildman–Crippen MR) is 106 cm³/mol. The van der Waals surface area contributed by atoms with E-state index in [1.807, 2.05) is 6.07 Å². The Kier molecular flexibility index (Phi) is 6.41. The largest absolute Gasteiger partial charge is 0.283 e. The van der Waals surface area contributed by atoms with Gasteiger partial charge in [0, 0.05) is 12.2 Å². The SMILES string of the molecule is N#CCC[C@H](C#N)CSc1nc2ccccc2c(=O)n1Cc1ccc(F)cc1. The van der Waals surface area contributed by atoms with Crippen molar-refractivity contribution in [2.24, 2.45) is 5.92 Å². The van der Waals surface area contributed by atoms with Crippen molar-refractivity contribution in [1.29, 1.82) is 10.5 Å². The van der Waals surface area contributed by atoms with Crippen molar-refractivity contribution in [3.63, 3.8) is 0 Å². The van der Waals surface area contributed by atoms with E-state index in [0.29, 0.717) is 34.7 Å². The average Bonchev–Trinajstić information content (AvgIpc) is 2.72. The van der Waals surface area contributed by atoms with E-state index >= 15 is 0 Å². The van der Waals surface area contributed by atoms with Crippen molar-refractivity contribution in [1.82, 2.24) is 9.55 Å². The Morgan fingerprint density at radius 3 is 2.61 bits per heavy atom. The van der Waals surface area contributed by atoms with E-state index in [0.717, 1.165) is 5.56 Å². The van der Waals surface area contributed by atoms with Gasteiger partial charge >= 0.3 is 0 Å². The van der Waals surface area contributed by atoms with Crippen LogP contribution < -0.4 is 5.56 Å². The fourth-order valence-corrected chi connectivity index (χ4v) is 3.83. The maximum absolute atomic E-state index is 13.2. The van der Waals surface area contributed by atoms with E-state index in [-0.39, 0.29) is 23.8 Å². The molecule has 5 nitrogen and oxygen atoms in total. The summed E-state index contributed by atoms with van der Waals surface area (Å²) in [5.74, 6) is -0.198. The zero-order chi connectivity index (χ0) is 19.9. The molecule has 1 aromatic heterocycles. The summed E-state index contributed by atoms with van der Waals surface area (Å²) in [6.45, 7) is 0.259. The maximum Gasteiger partial charge on any atom is 0.262 e. The predicted octanol–water partition coefficient (Wildman–Crippen LogP) is 4.12. The van der Waals surface area contributed by atoms with Crippen molar-refractivity contribution in [3.05, 3.63) is 70.3 Å². The van der Waals surface area contributed by atoms with Gasteiger partial charge in [-0.25, -0.2) is 9.37 Å². The van der Waals surface area contributed by atoms with Crippen LogP contribution in [0.15, 0.2) is 58.5 Å². The lowest BCUT2D eigenvalue weighted by Crippen LogP contribution is -2.24. The fraction of sp³-hybridized carbons (Fsp3) is 0.238. The molecule has 0 amide bonds. The summed E-state index contributed by atoms with van der Waals surface area (Å²) in [5.41, 5.74) is 1.20. The number of halogens is 1. The lowest BCUT2D eigenvalue weighted by atomic mass is 10.1. The zero-order valence-electron chi connectivity index (χ0n) is 15.0. The molecular weight excluding hydrogens is 375 g/mol. The summed E-state index contributed by atoms with van der Waals surface area (Å²) in [7, 11) is 0. The van der Waals surface area contributed by atoms with Crippen molar-refractivity contribution < 1.29 is 4.39 Å². The number of fused-ring (bicyclic) bond motifs is 1. The van der Waals surface area contributed by atoms with Crippen LogP contribution in [0.3, 0.4) is 0 Å². The molecule has 0 spiro atoms. The van der Waals surface area contributed by atoms with Gasteiger partial charge in [-0.2, -0.15) is 10.5 Å². The lowest BCUT2D eigenvalue weighted by Gasteiger charge is -2.14. The van der Waals surface area contributed by atoms with Gasteiger partial charge in [-0.15, -0.1) is 0 Å². The molecule has 2 aromatic carbocycles. The number of aromatic nitrogens is 2. The molecule has 0 bridgehead atoms. The van der Waals surface area contributed by atoms with Gasteiger partial charge in [-0.1, -0.05) is 36.0 Å². The van der Waals surface area contributed by atoms with Gasteiger partial charge in [0.2, 0.25) is 0 Å². The van der Waals surface area contributed by atoms with E-state index in [1.165, 1.54) is 23.9 Å². The highest BCUT2D eigenvalue weighted by Gasteiger charge is 2.15. The van der Waals surface area contributed by atoms with Crippen LogP contribution in [0.25, 0.3) is 10.9 Å². The van der Waals surface area contributed by atoms with Crippen LogP contribution in [0.2, 0.25) is 0 Å². The minimum Gasteiger partial charge on any atom is -0.283 e. The second kappa shape index (κ2) is 9.16. The summed E-state index contributed by atoms with van der Waals surface area (Å²) < 4.78 is 14.8. The minimum atomic E-state index is -0.336. The topological polar surface area (TPSA) is 82.5 Å². The smallest absolute Gasteiger partial charge is 0.262 e. The van der Waals surface area contributed by atoms with E-state index in [1.54, 1.807) is 34.9 Å². The highest BCUT2D eigenvalue weighted by molar-refractivity contribution is 7.99. The fourth-order valence-electron chi connectivity index (χ4n) is 2.77. The maximum atomic E-state index is 13.2. The van der Waals surface area contributed by atoms with Crippen molar-refractivity contribution in [2.45, 2.75) is 24.5 Å². The highest BCUT2D eigenvalue weighted by Crippen LogP contribution is 2.23. The van der Waals surface area contributed by atoms with Crippen LogP contribution in [0.1, 0.15) is 18.4 Å². The van der Waals surface area contributed by atoms with Gasteiger partial charge in [0.05, 0.1) is 35.5 Å². The van der Waals surface area contributed by atoms with Crippen LogP contribution >= 0.6 is 11.8 Å². The second-order valence-electron chi connectivity index (χ2n) is 6.26. The molecule has 0 radical (unpaired) electrons. The third-order valence-corrected chi connectivity index (χ3v) is 5.42. The van der Waals surface area contributed by atoms with E-state index < -0.39 is 0 Å². The van der Waals surface area contributed by atoms with Crippen LogP contribution in [0.4, 0.5) is 4.39 Å². The molecule has 28 heavy (non-hydrogen) atoms. The molecule has 0 unspecified atom stereocenters. The molecule has 0 aliphatic rings. The first-order valence-corrected chi connectivity index (χ1v) is 9.74. The molecule has 3 rings (SSSR count). The zero-order valence-corrected chi connectivity index (χ0v) is 15.8. The third-order valence-electron chi connectivity index (χ3n) is 4.28. The molecule has 0 saturated heterocycles. The van der Waals surface area contributed by atoms with E-state index in [9.17, 15) is 14.4 Å². The lowest BCUT2D eigenvalue weighted by molar-refractivity contribution is 0.622. The Hall–Kier alpha value is -3.16. The van der Waals surface area contributed by atoms with E-state index in [2.05, 4.69) is 17.1 Å². The Bertz CT molecular complexity index is 1110. The quantitative estimate of drug-likeness (QED) is 0.446. The number of para-hydroxylation sites is 1. The van der Waals surface area contributed by atoms with Crippen LogP contribution in [0.5, 0.6) is 0 Å². The summed E-state index contributed by atoms with van der Waals surface area (Å²) in [4.78, 5) is 17.6. The Balaban J connectivity index is 1.97. The monoisotopic (exact) mass is 392 g/mol. The Morgan fingerprint density at radius 2 is 1.89 bits per heavy atom. The van der Waals surface area contributed by atoms with Gasteiger partial charge in [0.15, 0.2) is 5.16 Å². The summed E-state index contributed by atoms with van der Waals surface area (Å²) in [5, 5.41) is 19.0. The number of nitrogens with zero attached hydrogens (tertiary/aromatic N) is 4. The molecule has 140 valence electrons. The summed E-state index contributed by atoms with van der Waals surface area (Å²) in [6, 6.07) is 17.3. The standard InChI is InChI=1S/C21H17FN4OS/c22-17-9-7-15(8-10-17)13-26-20(27)18-5-1-2-6-19(18)25-21(26)28-14-16(12-24)4-3-11-23/h1-2,5-10,16H,3-4,13-14H2/t16-/m1/s1. The normalized spacial score (nSPS) is 11.7. The first-order chi connectivity index (χ1) is 13.6. The van der Waals surface area contributed by atoms with Crippen molar-refractivity contribution >= 4 is 22.7 Å². The number of nitriles is 2. The third kappa shape index (κ3) is 4.57. The van der Waals surface area contributed by atoms with Gasteiger partial charge in [0.1, 0.15) is 5.82 Å².